The molecule has 1 fully saturated rings. The van der Waals surface area contributed by atoms with E-state index < -0.39 is 0 Å². The number of amides is 1. The molecule has 5 heteroatoms. The van der Waals surface area contributed by atoms with Gasteiger partial charge >= 0.3 is 0 Å². The van der Waals surface area contributed by atoms with Crippen LogP contribution in [0.3, 0.4) is 0 Å². The van der Waals surface area contributed by atoms with Gasteiger partial charge in [-0.25, -0.2) is 0 Å². The molecule has 0 aliphatic carbocycles. The Kier molecular flexibility index (Phi) is 3.36. The maximum absolute atomic E-state index is 11.7. The van der Waals surface area contributed by atoms with E-state index in [4.69, 9.17) is 4.74 Å². The Bertz CT molecular complexity index is 421. The van der Waals surface area contributed by atoms with E-state index in [-0.39, 0.29) is 22.9 Å². The van der Waals surface area contributed by atoms with Crippen LogP contribution in [-0.2, 0) is 4.74 Å². The fourth-order valence-electron chi connectivity index (χ4n) is 1.71. The van der Waals surface area contributed by atoms with Crippen molar-refractivity contribution in [2.45, 2.75) is 18.9 Å². The van der Waals surface area contributed by atoms with Crippen molar-refractivity contribution < 1.29 is 9.53 Å². The van der Waals surface area contributed by atoms with Crippen LogP contribution in [0.25, 0.3) is 0 Å². The molecule has 1 unspecified atom stereocenters. The average molecular weight is 222 g/mol. The summed E-state index contributed by atoms with van der Waals surface area (Å²) >= 11 is 0. The van der Waals surface area contributed by atoms with E-state index in [1.165, 1.54) is 18.5 Å². The van der Waals surface area contributed by atoms with E-state index in [1.807, 2.05) is 0 Å². The normalized spacial score (nSPS) is 20.4. The van der Waals surface area contributed by atoms with Crippen LogP contribution in [0.4, 0.5) is 0 Å². The van der Waals surface area contributed by atoms with E-state index in [0.29, 0.717) is 6.61 Å². The number of pyridine rings is 1. The van der Waals surface area contributed by atoms with Gasteiger partial charge in [0.2, 0.25) is 0 Å². The van der Waals surface area contributed by atoms with Gasteiger partial charge in [0.05, 0.1) is 12.6 Å². The number of aromatic amines is 1. The highest BCUT2D eigenvalue weighted by atomic mass is 16.5. The molecule has 1 saturated heterocycles. The van der Waals surface area contributed by atoms with Crippen LogP contribution < -0.4 is 10.7 Å². The zero-order chi connectivity index (χ0) is 11.4. The van der Waals surface area contributed by atoms with Crippen molar-refractivity contribution in [2.75, 3.05) is 13.2 Å². The third kappa shape index (κ3) is 2.49. The lowest BCUT2D eigenvalue weighted by Gasteiger charge is -2.22. The molecule has 1 aromatic rings. The number of aromatic nitrogens is 1. The topological polar surface area (TPSA) is 71.2 Å². The number of nitrogens with one attached hydrogen (secondary N) is 2. The molecular weight excluding hydrogens is 208 g/mol. The predicted octanol–water partition coefficient (Wildman–Crippen LogP) is 0.284. The lowest BCUT2D eigenvalue weighted by Crippen LogP contribution is -2.42. The molecule has 2 heterocycles. The Morgan fingerprint density at radius 2 is 2.44 bits per heavy atom. The van der Waals surface area contributed by atoms with Crippen molar-refractivity contribution in [1.29, 1.82) is 0 Å². The van der Waals surface area contributed by atoms with Crippen molar-refractivity contribution in [1.82, 2.24) is 10.3 Å². The summed E-state index contributed by atoms with van der Waals surface area (Å²) in [5.41, 5.74) is -0.124. The second-order valence-electron chi connectivity index (χ2n) is 3.81. The summed E-state index contributed by atoms with van der Waals surface area (Å²) in [6, 6.07) is 1.35. The number of H-pyrrole nitrogens is 1. The summed E-state index contributed by atoms with van der Waals surface area (Å²) in [4.78, 5) is 25.9. The molecule has 1 atom stereocenters. The molecule has 1 aliphatic heterocycles. The molecule has 1 aromatic heterocycles. The molecule has 0 aromatic carbocycles. The van der Waals surface area contributed by atoms with Gasteiger partial charge in [-0.15, -0.1) is 0 Å². The summed E-state index contributed by atoms with van der Waals surface area (Å²) in [5.74, 6) is -0.336. The van der Waals surface area contributed by atoms with Crippen molar-refractivity contribution >= 4 is 5.91 Å². The first kappa shape index (κ1) is 10.9. The SMILES string of the molecule is O=C(NC1CCCOC1)c1c[nH]ccc1=O. The summed E-state index contributed by atoms with van der Waals surface area (Å²) in [6.45, 7) is 1.27. The van der Waals surface area contributed by atoms with Crippen LogP contribution in [0.2, 0.25) is 0 Å². The number of hydrogen-bond acceptors (Lipinski definition) is 3. The van der Waals surface area contributed by atoms with E-state index in [2.05, 4.69) is 10.3 Å². The molecule has 0 bridgehead atoms. The van der Waals surface area contributed by atoms with Crippen LogP contribution >= 0.6 is 0 Å². The molecule has 0 spiro atoms. The molecule has 0 saturated carbocycles. The quantitative estimate of drug-likeness (QED) is 0.755. The van der Waals surface area contributed by atoms with Gasteiger partial charge in [-0.3, -0.25) is 9.59 Å². The zero-order valence-electron chi connectivity index (χ0n) is 8.86. The fraction of sp³-hybridized carbons (Fsp3) is 0.455. The Labute approximate surface area is 92.8 Å². The number of rotatable bonds is 2. The number of hydrogen-bond donors (Lipinski definition) is 2. The van der Waals surface area contributed by atoms with Crippen molar-refractivity contribution in [3.63, 3.8) is 0 Å². The molecule has 86 valence electrons. The molecule has 5 nitrogen and oxygen atoms in total. The van der Waals surface area contributed by atoms with Crippen molar-refractivity contribution in [3.8, 4) is 0 Å². The van der Waals surface area contributed by atoms with Crippen LogP contribution in [0.1, 0.15) is 23.2 Å². The van der Waals surface area contributed by atoms with Crippen LogP contribution in [0.15, 0.2) is 23.3 Å². The number of carbonyl (C=O) groups excluding carboxylic acids is 1. The van der Waals surface area contributed by atoms with Gasteiger partial charge in [-0.1, -0.05) is 0 Å². The third-order valence-electron chi connectivity index (χ3n) is 2.56. The summed E-state index contributed by atoms with van der Waals surface area (Å²) in [7, 11) is 0. The van der Waals surface area contributed by atoms with Gasteiger partial charge in [0, 0.05) is 25.1 Å². The van der Waals surface area contributed by atoms with Crippen LogP contribution in [0, 0.1) is 0 Å². The second kappa shape index (κ2) is 4.94. The van der Waals surface area contributed by atoms with Crippen molar-refractivity contribution in [2.24, 2.45) is 0 Å². The number of carbonyl (C=O) groups is 1. The largest absolute Gasteiger partial charge is 0.379 e. The van der Waals surface area contributed by atoms with Gasteiger partial charge in [0.1, 0.15) is 5.56 Å². The monoisotopic (exact) mass is 222 g/mol. The highest BCUT2D eigenvalue weighted by Crippen LogP contribution is 2.06. The van der Waals surface area contributed by atoms with E-state index in [1.54, 1.807) is 0 Å². The predicted molar refractivity (Wildman–Crippen MR) is 58.4 cm³/mol. The lowest BCUT2D eigenvalue weighted by atomic mass is 10.1. The highest BCUT2D eigenvalue weighted by Gasteiger charge is 2.18. The maximum Gasteiger partial charge on any atom is 0.257 e. The van der Waals surface area contributed by atoms with Crippen LogP contribution in [0.5, 0.6) is 0 Å². The first-order chi connectivity index (χ1) is 7.77. The first-order valence-corrected chi connectivity index (χ1v) is 5.33. The van der Waals surface area contributed by atoms with Gasteiger partial charge in [-0.05, 0) is 12.8 Å². The smallest absolute Gasteiger partial charge is 0.257 e. The molecule has 16 heavy (non-hydrogen) atoms. The summed E-state index contributed by atoms with van der Waals surface area (Å²) < 4.78 is 5.25. The molecule has 0 radical (unpaired) electrons. The van der Waals surface area contributed by atoms with E-state index >= 15 is 0 Å². The van der Waals surface area contributed by atoms with Gasteiger partial charge < -0.3 is 15.0 Å². The maximum atomic E-state index is 11.7. The zero-order valence-corrected chi connectivity index (χ0v) is 8.86. The fourth-order valence-corrected chi connectivity index (χ4v) is 1.71. The average Bonchev–Trinajstić information content (AvgIpc) is 2.31. The van der Waals surface area contributed by atoms with Gasteiger partial charge in [0.15, 0.2) is 5.43 Å². The molecule has 2 N–H and O–H groups in total. The van der Waals surface area contributed by atoms with E-state index in [9.17, 15) is 9.59 Å². The second-order valence-corrected chi connectivity index (χ2v) is 3.81. The molecule has 2 rings (SSSR count). The lowest BCUT2D eigenvalue weighted by molar-refractivity contribution is 0.0623. The van der Waals surface area contributed by atoms with Crippen LogP contribution in [-0.4, -0.2) is 30.1 Å². The van der Waals surface area contributed by atoms with Gasteiger partial charge in [0.25, 0.3) is 5.91 Å². The molecular formula is C11H14N2O3. The minimum atomic E-state index is -0.336. The van der Waals surface area contributed by atoms with Crippen molar-refractivity contribution in [3.05, 3.63) is 34.2 Å². The van der Waals surface area contributed by atoms with E-state index in [0.717, 1.165) is 19.4 Å². The molecule has 1 aliphatic rings. The van der Waals surface area contributed by atoms with Gasteiger partial charge in [-0.2, -0.15) is 0 Å². The Balaban J connectivity index is 2.02. The number of ether oxygens (including phenoxy) is 1. The Morgan fingerprint density at radius 3 is 3.12 bits per heavy atom. The minimum absolute atomic E-state index is 0.0147. The minimum Gasteiger partial charge on any atom is -0.379 e. The standard InChI is InChI=1S/C11H14N2O3/c14-10-3-4-12-6-9(10)11(15)13-8-2-1-5-16-7-8/h3-4,6,8H,1-2,5,7H2,(H,12,14)(H,13,15). The summed E-state index contributed by atoms with van der Waals surface area (Å²) in [6.07, 6.45) is 4.76. The highest BCUT2D eigenvalue weighted by molar-refractivity contribution is 5.93. The summed E-state index contributed by atoms with van der Waals surface area (Å²) in [5, 5.41) is 2.79. The Morgan fingerprint density at radius 1 is 1.56 bits per heavy atom. The first-order valence-electron chi connectivity index (χ1n) is 5.33. The molecule has 1 amide bonds. The third-order valence-corrected chi connectivity index (χ3v) is 2.56. The Hall–Kier alpha value is -1.62.